The van der Waals surface area contributed by atoms with Crippen LogP contribution in [0.25, 0.3) is 0 Å². The fourth-order valence-electron chi connectivity index (χ4n) is 3.67. The van der Waals surface area contributed by atoms with Gasteiger partial charge in [-0.25, -0.2) is 0 Å². The lowest BCUT2D eigenvalue weighted by molar-refractivity contribution is -0.135. The third-order valence-electron chi connectivity index (χ3n) is 5.28. The number of nitrogens with one attached hydrogen (secondary N) is 1. The first kappa shape index (κ1) is 19.5. The second-order valence-corrected chi connectivity index (χ2v) is 6.98. The molecule has 4 rings (SSSR count). The molecular weight excluding hydrogens is 345 g/mol. The highest BCUT2D eigenvalue weighted by molar-refractivity contribution is 5.85. The van der Waals surface area contributed by atoms with Crippen molar-refractivity contribution in [3.05, 3.63) is 35.4 Å². The predicted molar refractivity (Wildman–Crippen MR) is 101 cm³/mol. The van der Waals surface area contributed by atoms with E-state index >= 15 is 0 Å². The molecule has 1 N–H and O–H groups in total. The number of benzene rings is 1. The van der Waals surface area contributed by atoms with Crippen molar-refractivity contribution in [2.24, 2.45) is 5.92 Å². The van der Waals surface area contributed by atoms with E-state index in [2.05, 4.69) is 39.4 Å². The number of fused-ring (bicyclic) bond motifs is 1. The quantitative estimate of drug-likeness (QED) is 0.883. The molecule has 24 heavy (non-hydrogen) atoms. The van der Waals surface area contributed by atoms with Gasteiger partial charge in [0, 0.05) is 39.3 Å². The van der Waals surface area contributed by atoms with Crippen LogP contribution in [0.4, 0.5) is 0 Å². The zero-order valence-electron chi connectivity index (χ0n) is 13.9. The summed E-state index contributed by atoms with van der Waals surface area (Å²) >= 11 is 0. The minimum Gasteiger partial charge on any atom is -0.339 e. The molecule has 4 nitrogen and oxygen atoms in total. The number of halogens is 2. The van der Waals surface area contributed by atoms with Gasteiger partial charge in [-0.05, 0) is 36.3 Å². The second kappa shape index (κ2) is 8.52. The molecule has 1 aliphatic carbocycles. The van der Waals surface area contributed by atoms with Gasteiger partial charge in [0.25, 0.3) is 0 Å². The number of amides is 1. The maximum atomic E-state index is 12.7. The van der Waals surface area contributed by atoms with Gasteiger partial charge < -0.3 is 10.2 Å². The van der Waals surface area contributed by atoms with E-state index in [-0.39, 0.29) is 30.9 Å². The summed E-state index contributed by atoms with van der Waals surface area (Å²) in [5.74, 6) is 1.24. The molecule has 2 heterocycles. The molecule has 1 unspecified atom stereocenters. The smallest absolute Gasteiger partial charge is 0.240 e. The van der Waals surface area contributed by atoms with Crippen molar-refractivity contribution in [2.45, 2.75) is 31.8 Å². The predicted octanol–water partition coefficient (Wildman–Crippen LogP) is 2.10. The summed E-state index contributed by atoms with van der Waals surface area (Å²) in [7, 11) is 0. The number of hydrogen-bond acceptors (Lipinski definition) is 3. The lowest BCUT2D eigenvalue weighted by Crippen LogP contribution is -2.55. The molecule has 1 aromatic rings. The Kier molecular flexibility index (Phi) is 6.93. The van der Waals surface area contributed by atoms with Crippen LogP contribution in [0.15, 0.2) is 24.3 Å². The highest BCUT2D eigenvalue weighted by Crippen LogP contribution is 2.30. The lowest BCUT2D eigenvalue weighted by Gasteiger charge is -2.37. The van der Waals surface area contributed by atoms with Crippen molar-refractivity contribution in [2.75, 3.05) is 32.7 Å². The van der Waals surface area contributed by atoms with Crippen LogP contribution < -0.4 is 5.32 Å². The molecule has 134 valence electrons. The molecule has 0 spiro atoms. The minimum atomic E-state index is -0.0371. The standard InChI is InChI=1S/C18H25N3O.2ClH/c22-18(17-11-15-3-1-2-4-16(15)12-19-17)21-9-7-20(8-10-21)13-14-5-6-14;;/h1-4,14,17,19H,5-13H2;2*1H. The van der Waals surface area contributed by atoms with Crippen molar-refractivity contribution in [3.63, 3.8) is 0 Å². The first-order valence-corrected chi connectivity index (χ1v) is 8.61. The summed E-state index contributed by atoms with van der Waals surface area (Å²) in [6.45, 7) is 5.94. The van der Waals surface area contributed by atoms with E-state index in [0.717, 1.165) is 45.1 Å². The highest BCUT2D eigenvalue weighted by Gasteiger charge is 2.31. The van der Waals surface area contributed by atoms with Crippen molar-refractivity contribution >= 4 is 30.7 Å². The molecular formula is C18H27Cl2N3O. The number of hydrogen-bond donors (Lipinski definition) is 1. The maximum Gasteiger partial charge on any atom is 0.240 e. The fraction of sp³-hybridized carbons (Fsp3) is 0.611. The van der Waals surface area contributed by atoms with Gasteiger partial charge in [-0.15, -0.1) is 24.8 Å². The first-order valence-electron chi connectivity index (χ1n) is 8.61. The van der Waals surface area contributed by atoms with E-state index in [1.54, 1.807) is 0 Å². The average molecular weight is 372 g/mol. The summed E-state index contributed by atoms with van der Waals surface area (Å²) < 4.78 is 0. The van der Waals surface area contributed by atoms with Crippen LogP contribution >= 0.6 is 24.8 Å². The molecule has 0 aromatic heterocycles. The molecule has 1 aromatic carbocycles. The van der Waals surface area contributed by atoms with Gasteiger partial charge in [0.15, 0.2) is 0 Å². The molecule has 1 amide bonds. The van der Waals surface area contributed by atoms with E-state index in [4.69, 9.17) is 0 Å². The molecule has 1 saturated heterocycles. The van der Waals surface area contributed by atoms with E-state index < -0.39 is 0 Å². The van der Waals surface area contributed by atoms with Gasteiger partial charge in [-0.3, -0.25) is 9.69 Å². The molecule has 6 heteroatoms. The highest BCUT2D eigenvalue weighted by atomic mass is 35.5. The zero-order valence-corrected chi connectivity index (χ0v) is 15.6. The van der Waals surface area contributed by atoms with Crippen LogP contribution in [0, 0.1) is 5.92 Å². The van der Waals surface area contributed by atoms with Crippen molar-refractivity contribution < 1.29 is 4.79 Å². The zero-order chi connectivity index (χ0) is 14.9. The Morgan fingerprint density at radius 1 is 1.04 bits per heavy atom. The summed E-state index contributed by atoms with van der Waals surface area (Å²) in [5.41, 5.74) is 2.66. The van der Waals surface area contributed by atoms with E-state index in [9.17, 15) is 4.79 Å². The number of piperazine rings is 1. The van der Waals surface area contributed by atoms with Crippen molar-refractivity contribution in [3.8, 4) is 0 Å². The number of carbonyl (C=O) groups excluding carboxylic acids is 1. The number of nitrogens with zero attached hydrogens (tertiary/aromatic N) is 2. The summed E-state index contributed by atoms with van der Waals surface area (Å²) in [6.07, 6.45) is 3.65. The van der Waals surface area contributed by atoms with Crippen LogP contribution in [-0.2, 0) is 17.8 Å². The Morgan fingerprint density at radius 3 is 2.38 bits per heavy atom. The molecule has 2 aliphatic heterocycles. The van der Waals surface area contributed by atoms with Gasteiger partial charge in [0.1, 0.15) is 0 Å². The van der Waals surface area contributed by atoms with Gasteiger partial charge in [-0.1, -0.05) is 24.3 Å². The molecule has 0 radical (unpaired) electrons. The Labute approximate surface area is 156 Å². The summed E-state index contributed by atoms with van der Waals surface area (Å²) in [4.78, 5) is 17.3. The molecule has 2 fully saturated rings. The van der Waals surface area contributed by atoms with Crippen molar-refractivity contribution in [1.29, 1.82) is 0 Å². The van der Waals surface area contributed by atoms with Gasteiger partial charge in [-0.2, -0.15) is 0 Å². The molecule has 1 saturated carbocycles. The van der Waals surface area contributed by atoms with Crippen LogP contribution in [-0.4, -0.2) is 54.5 Å². The van der Waals surface area contributed by atoms with E-state index in [1.165, 1.54) is 30.5 Å². The van der Waals surface area contributed by atoms with Crippen LogP contribution in [0.3, 0.4) is 0 Å². The fourth-order valence-corrected chi connectivity index (χ4v) is 3.67. The third-order valence-corrected chi connectivity index (χ3v) is 5.28. The SMILES string of the molecule is Cl.Cl.O=C(C1Cc2ccccc2CN1)N1CCN(CC2CC2)CC1. The van der Waals surface area contributed by atoms with Gasteiger partial charge >= 0.3 is 0 Å². The monoisotopic (exact) mass is 371 g/mol. The Balaban J connectivity index is 0.00000104. The van der Waals surface area contributed by atoms with Crippen LogP contribution in [0.1, 0.15) is 24.0 Å². The van der Waals surface area contributed by atoms with E-state index in [0.29, 0.717) is 5.91 Å². The number of carbonyl (C=O) groups is 1. The maximum absolute atomic E-state index is 12.7. The van der Waals surface area contributed by atoms with Gasteiger partial charge in [0.05, 0.1) is 6.04 Å². The lowest BCUT2D eigenvalue weighted by atomic mass is 9.95. The third kappa shape index (κ3) is 4.42. The second-order valence-electron chi connectivity index (χ2n) is 6.98. The molecule has 0 bridgehead atoms. The first-order chi connectivity index (χ1) is 10.8. The summed E-state index contributed by atoms with van der Waals surface area (Å²) in [5, 5.41) is 3.42. The van der Waals surface area contributed by atoms with E-state index in [1.807, 2.05) is 0 Å². The molecule has 3 aliphatic rings. The van der Waals surface area contributed by atoms with Crippen LogP contribution in [0.5, 0.6) is 0 Å². The van der Waals surface area contributed by atoms with Crippen LogP contribution in [0.2, 0.25) is 0 Å². The van der Waals surface area contributed by atoms with Crippen molar-refractivity contribution in [1.82, 2.24) is 15.1 Å². The Morgan fingerprint density at radius 2 is 1.71 bits per heavy atom. The Bertz CT molecular complexity index is 557. The normalized spacial score (nSPS) is 23.7. The number of rotatable bonds is 3. The molecule has 1 atom stereocenters. The Hall–Kier alpha value is -0.810. The topological polar surface area (TPSA) is 35.6 Å². The average Bonchev–Trinajstić information content (AvgIpc) is 3.38. The summed E-state index contributed by atoms with van der Waals surface area (Å²) in [6, 6.07) is 8.42. The minimum absolute atomic E-state index is 0. The largest absolute Gasteiger partial charge is 0.339 e. The van der Waals surface area contributed by atoms with Gasteiger partial charge in [0.2, 0.25) is 5.91 Å².